The zero-order valence-corrected chi connectivity index (χ0v) is 16.0. The molecule has 28 heavy (non-hydrogen) atoms. The Labute approximate surface area is 162 Å². The molecule has 146 valence electrons. The summed E-state index contributed by atoms with van der Waals surface area (Å²) < 4.78 is 12.5. The molecular formula is C18H22N8O2. The average molecular weight is 382 g/mol. The van der Waals surface area contributed by atoms with Gasteiger partial charge < -0.3 is 14.6 Å². The van der Waals surface area contributed by atoms with E-state index in [1.165, 1.54) is 0 Å². The standard InChI is InChI=1S/C18H22N8O2/c1-12-21-23-24-26(12)15(10-13-5-4-6-14(9-13)27-3)18-20-17(22-28-18)16-11-19-7-8-25(16)2/h4-6,9-10,16,19H,7-8,11H2,1-3H3/b15-10-. The van der Waals surface area contributed by atoms with Crippen molar-refractivity contribution in [3.8, 4) is 5.75 Å². The molecule has 1 aliphatic rings. The lowest BCUT2D eigenvalue weighted by molar-refractivity contribution is 0.190. The van der Waals surface area contributed by atoms with Crippen LogP contribution < -0.4 is 10.1 Å². The maximum atomic E-state index is 5.60. The minimum Gasteiger partial charge on any atom is -0.497 e. The van der Waals surface area contributed by atoms with Crippen molar-refractivity contribution in [2.24, 2.45) is 0 Å². The van der Waals surface area contributed by atoms with Crippen molar-refractivity contribution in [1.29, 1.82) is 0 Å². The second-order valence-corrected chi connectivity index (χ2v) is 6.60. The van der Waals surface area contributed by atoms with E-state index in [0.717, 1.165) is 30.9 Å². The summed E-state index contributed by atoms with van der Waals surface area (Å²) in [5, 5.41) is 19.4. The van der Waals surface area contributed by atoms with Crippen LogP contribution in [-0.2, 0) is 0 Å². The van der Waals surface area contributed by atoms with Crippen LogP contribution in [0.2, 0.25) is 0 Å². The zero-order chi connectivity index (χ0) is 19.5. The summed E-state index contributed by atoms with van der Waals surface area (Å²) in [6.45, 7) is 4.46. The first kappa shape index (κ1) is 18.3. The van der Waals surface area contributed by atoms with E-state index in [9.17, 15) is 0 Å². The van der Waals surface area contributed by atoms with Gasteiger partial charge in [0.15, 0.2) is 11.6 Å². The van der Waals surface area contributed by atoms with Gasteiger partial charge in [0, 0.05) is 19.6 Å². The summed E-state index contributed by atoms with van der Waals surface area (Å²) in [5.74, 6) is 2.35. The number of hydrogen-bond acceptors (Lipinski definition) is 9. The number of hydrogen-bond donors (Lipinski definition) is 1. The van der Waals surface area contributed by atoms with Crippen LogP contribution in [0.5, 0.6) is 5.75 Å². The largest absolute Gasteiger partial charge is 0.497 e. The molecule has 3 aromatic rings. The fraction of sp³-hybridized carbons (Fsp3) is 0.389. The van der Waals surface area contributed by atoms with Gasteiger partial charge in [-0.25, -0.2) is 0 Å². The molecule has 1 saturated heterocycles. The number of likely N-dealkylation sites (N-methyl/N-ethyl adjacent to an activating group) is 1. The Balaban J connectivity index is 1.74. The van der Waals surface area contributed by atoms with E-state index in [1.54, 1.807) is 11.8 Å². The highest BCUT2D eigenvalue weighted by atomic mass is 16.5. The van der Waals surface area contributed by atoms with Gasteiger partial charge in [0.25, 0.3) is 5.89 Å². The van der Waals surface area contributed by atoms with Crippen molar-refractivity contribution in [2.75, 3.05) is 33.8 Å². The Morgan fingerprint density at radius 2 is 2.29 bits per heavy atom. The molecule has 0 aliphatic carbocycles. The minimum atomic E-state index is 0.0549. The van der Waals surface area contributed by atoms with Crippen LogP contribution in [0.25, 0.3) is 11.8 Å². The van der Waals surface area contributed by atoms with Gasteiger partial charge in [-0.3, -0.25) is 4.90 Å². The number of methoxy groups -OCH3 is 1. The van der Waals surface area contributed by atoms with E-state index in [4.69, 9.17) is 9.26 Å². The van der Waals surface area contributed by atoms with Crippen molar-refractivity contribution < 1.29 is 9.26 Å². The van der Waals surface area contributed by atoms with E-state index in [-0.39, 0.29) is 6.04 Å². The number of tetrazole rings is 1. The monoisotopic (exact) mass is 382 g/mol. The first-order valence-electron chi connectivity index (χ1n) is 9.02. The number of aryl methyl sites for hydroxylation is 1. The van der Waals surface area contributed by atoms with Crippen LogP contribution in [0, 0.1) is 6.92 Å². The average Bonchev–Trinajstić information content (AvgIpc) is 3.36. The fourth-order valence-electron chi connectivity index (χ4n) is 3.13. The van der Waals surface area contributed by atoms with Gasteiger partial charge >= 0.3 is 0 Å². The van der Waals surface area contributed by atoms with Gasteiger partial charge in [0.2, 0.25) is 0 Å². The third-order valence-electron chi connectivity index (χ3n) is 4.72. The Hall–Kier alpha value is -3.11. The first-order chi connectivity index (χ1) is 13.7. The summed E-state index contributed by atoms with van der Waals surface area (Å²) in [6.07, 6.45) is 1.89. The fourth-order valence-corrected chi connectivity index (χ4v) is 3.13. The van der Waals surface area contributed by atoms with Crippen molar-refractivity contribution in [3.63, 3.8) is 0 Å². The molecule has 1 N–H and O–H groups in total. The molecule has 10 nitrogen and oxygen atoms in total. The summed E-state index contributed by atoms with van der Waals surface area (Å²) >= 11 is 0. The van der Waals surface area contributed by atoms with E-state index >= 15 is 0 Å². The summed E-state index contributed by atoms with van der Waals surface area (Å²) in [7, 11) is 3.69. The van der Waals surface area contributed by atoms with Crippen LogP contribution in [0.15, 0.2) is 28.8 Å². The lowest BCUT2D eigenvalue weighted by Crippen LogP contribution is -2.44. The van der Waals surface area contributed by atoms with Crippen molar-refractivity contribution in [2.45, 2.75) is 13.0 Å². The normalized spacial score (nSPS) is 18.4. The molecule has 0 radical (unpaired) electrons. The third kappa shape index (κ3) is 3.64. The molecule has 1 aliphatic heterocycles. The molecule has 1 aromatic carbocycles. The second-order valence-electron chi connectivity index (χ2n) is 6.60. The Morgan fingerprint density at radius 3 is 3.04 bits per heavy atom. The van der Waals surface area contributed by atoms with Gasteiger partial charge in [-0.05, 0) is 48.2 Å². The number of nitrogens with zero attached hydrogens (tertiary/aromatic N) is 7. The molecule has 0 spiro atoms. The molecule has 1 atom stereocenters. The van der Waals surface area contributed by atoms with Gasteiger partial charge in [-0.15, -0.1) is 5.10 Å². The number of nitrogens with one attached hydrogen (secondary N) is 1. The third-order valence-corrected chi connectivity index (χ3v) is 4.72. The molecule has 10 heteroatoms. The smallest absolute Gasteiger partial charge is 0.276 e. The Morgan fingerprint density at radius 1 is 1.39 bits per heavy atom. The molecule has 2 aromatic heterocycles. The maximum Gasteiger partial charge on any atom is 0.276 e. The molecule has 0 saturated carbocycles. The topological polar surface area (TPSA) is 107 Å². The lowest BCUT2D eigenvalue weighted by Gasteiger charge is -2.30. The zero-order valence-electron chi connectivity index (χ0n) is 16.0. The summed E-state index contributed by atoms with van der Waals surface area (Å²) in [4.78, 5) is 6.85. The molecule has 4 rings (SSSR count). The number of benzene rings is 1. The number of piperazine rings is 1. The number of ether oxygens (including phenoxy) is 1. The van der Waals surface area contributed by atoms with Crippen LogP contribution in [0.1, 0.15) is 29.1 Å². The van der Waals surface area contributed by atoms with Gasteiger partial charge in [-0.2, -0.15) is 9.67 Å². The van der Waals surface area contributed by atoms with E-state index in [1.807, 2.05) is 37.3 Å². The predicted octanol–water partition coefficient (Wildman–Crippen LogP) is 0.996. The molecule has 0 amide bonds. The van der Waals surface area contributed by atoms with Crippen molar-refractivity contribution in [3.05, 3.63) is 47.4 Å². The number of aromatic nitrogens is 6. The van der Waals surface area contributed by atoms with E-state index in [0.29, 0.717) is 23.2 Å². The van der Waals surface area contributed by atoms with Gasteiger partial charge in [-0.1, -0.05) is 17.3 Å². The highest BCUT2D eigenvalue weighted by Gasteiger charge is 2.27. The van der Waals surface area contributed by atoms with E-state index in [2.05, 4.69) is 42.9 Å². The van der Waals surface area contributed by atoms with Crippen LogP contribution in [0.4, 0.5) is 0 Å². The number of rotatable bonds is 5. The van der Waals surface area contributed by atoms with Crippen LogP contribution in [0.3, 0.4) is 0 Å². The maximum absolute atomic E-state index is 5.60. The molecule has 3 heterocycles. The van der Waals surface area contributed by atoms with Crippen molar-refractivity contribution >= 4 is 11.8 Å². The molecular weight excluding hydrogens is 360 g/mol. The highest BCUT2D eigenvalue weighted by Crippen LogP contribution is 2.24. The van der Waals surface area contributed by atoms with E-state index < -0.39 is 0 Å². The first-order valence-corrected chi connectivity index (χ1v) is 9.02. The quantitative estimate of drug-likeness (QED) is 0.691. The predicted molar refractivity (Wildman–Crippen MR) is 101 cm³/mol. The summed E-state index contributed by atoms with van der Waals surface area (Å²) in [5.41, 5.74) is 1.50. The SMILES string of the molecule is COc1cccc(/C=C(/c2nc(C3CNCCN3C)no2)n2nnnc2C)c1. The van der Waals surface area contributed by atoms with Gasteiger partial charge in [0.05, 0.1) is 13.2 Å². The minimum absolute atomic E-state index is 0.0549. The Kier molecular flexibility index (Phi) is 5.13. The van der Waals surface area contributed by atoms with Crippen molar-refractivity contribution in [1.82, 2.24) is 40.6 Å². The van der Waals surface area contributed by atoms with Gasteiger partial charge in [0.1, 0.15) is 11.4 Å². The van der Waals surface area contributed by atoms with Crippen LogP contribution in [-0.4, -0.2) is 69.0 Å². The van der Waals surface area contributed by atoms with Crippen LogP contribution >= 0.6 is 0 Å². The Bertz CT molecular complexity index is 979. The summed E-state index contributed by atoms with van der Waals surface area (Å²) in [6, 6.07) is 7.72. The highest BCUT2D eigenvalue weighted by molar-refractivity contribution is 5.78. The molecule has 0 bridgehead atoms. The molecule has 1 unspecified atom stereocenters. The lowest BCUT2D eigenvalue weighted by atomic mass is 10.1. The second kappa shape index (κ2) is 7.87. The molecule has 1 fully saturated rings.